The zero-order chi connectivity index (χ0) is 4.28. The SMILES string of the molecule is C=C[SiH](C)C.[NaH]. The molecule has 6 heavy (non-hydrogen) atoms. The average molecular weight is 110 g/mol. The zero-order valence-electron chi connectivity index (χ0n) is 3.86. The van der Waals surface area contributed by atoms with Gasteiger partial charge in [-0.3, -0.25) is 0 Å². The Balaban J connectivity index is 0. The molecule has 0 nitrogen and oxygen atoms in total. The summed E-state index contributed by atoms with van der Waals surface area (Å²) in [7, 11) is -0.386. The van der Waals surface area contributed by atoms with Crippen molar-refractivity contribution in [3.8, 4) is 0 Å². The Labute approximate surface area is 63.5 Å². The molecule has 0 aliphatic heterocycles. The van der Waals surface area contributed by atoms with Crippen molar-refractivity contribution in [2.45, 2.75) is 13.1 Å². The number of rotatable bonds is 1. The minimum absolute atomic E-state index is 0. The van der Waals surface area contributed by atoms with E-state index in [1.54, 1.807) is 0 Å². The molecule has 0 aromatic heterocycles. The van der Waals surface area contributed by atoms with Gasteiger partial charge in [0.1, 0.15) is 0 Å². The van der Waals surface area contributed by atoms with Gasteiger partial charge in [0, 0.05) is 0 Å². The molecular formula is C4H11NaSi. The van der Waals surface area contributed by atoms with E-state index in [0.717, 1.165) is 0 Å². The van der Waals surface area contributed by atoms with Gasteiger partial charge in [0.05, 0.1) is 8.80 Å². The number of hydrogen-bond donors (Lipinski definition) is 0. The van der Waals surface area contributed by atoms with E-state index < -0.39 is 0 Å². The predicted molar refractivity (Wildman–Crippen MR) is 36.2 cm³/mol. The Morgan fingerprint density at radius 2 is 1.67 bits per heavy atom. The fourth-order valence-electron chi connectivity index (χ4n) is 0. The second-order valence-electron chi connectivity index (χ2n) is 1.48. The molecule has 0 aliphatic rings. The Hall–Kier alpha value is 0.957. The van der Waals surface area contributed by atoms with E-state index in [1.165, 1.54) is 0 Å². The molecule has 0 unspecified atom stereocenters. The first kappa shape index (κ1) is 10.0. The topological polar surface area (TPSA) is 0 Å². The van der Waals surface area contributed by atoms with Gasteiger partial charge in [-0.1, -0.05) is 13.1 Å². The van der Waals surface area contributed by atoms with Crippen LogP contribution in [0.25, 0.3) is 0 Å². The minimum atomic E-state index is -0.386. The van der Waals surface area contributed by atoms with Crippen molar-refractivity contribution < 1.29 is 0 Å². The molecule has 0 radical (unpaired) electrons. The molecule has 0 spiro atoms. The molecule has 0 aromatic carbocycles. The van der Waals surface area contributed by atoms with E-state index in [4.69, 9.17) is 0 Å². The van der Waals surface area contributed by atoms with Crippen LogP contribution in [-0.2, 0) is 0 Å². The third-order valence-electron chi connectivity index (χ3n) is 0.471. The van der Waals surface area contributed by atoms with Gasteiger partial charge in [0.2, 0.25) is 0 Å². The predicted octanol–water partition coefficient (Wildman–Crippen LogP) is 0.550. The number of hydrogen-bond acceptors (Lipinski definition) is 0. The van der Waals surface area contributed by atoms with E-state index in [9.17, 15) is 0 Å². The van der Waals surface area contributed by atoms with Crippen LogP contribution in [0.4, 0.5) is 0 Å². The molecule has 0 aromatic rings. The third-order valence-corrected chi connectivity index (χ3v) is 1.41. The molecule has 0 bridgehead atoms. The van der Waals surface area contributed by atoms with Gasteiger partial charge in [-0.15, -0.1) is 12.3 Å². The molecule has 0 fully saturated rings. The molecule has 0 aliphatic carbocycles. The van der Waals surface area contributed by atoms with Crippen molar-refractivity contribution in [3.05, 3.63) is 12.3 Å². The fraction of sp³-hybridized carbons (Fsp3) is 0.500. The first-order chi connectivity index (χ1) is 2.27. The normalized spacial score (nSPS) is 7.17. The van der Waals surface area contributed by atoms with Crippen molar-refractivity contribution in [1.29, 1.82) is 0 Å². The van der Waals surface area contributed by atoms with Gasteiger partial charge < -0.3 is 0 Å². The van der Waals surface area contributed by atoms with E-state index in [2.05, 4.69) is 25.4 Å². The van der Waals surface area contributed by atoms with Crippen molar-refractivity contribution in [2.24, 2.45) is 0 Å². The van der Waals surface area contributed by atoms with E-state index in [0.29, 0.717) is 0 Å². The maximum atomic E-state index is 3.62. The van der Waals surface area contributed by atoms with Crippen LogP contribution in [0.1, 0.15) is 0 Å². The fourth-order valence-corrected chi connectivity index (χ4v) is 0. The first-order valence-electron chi connectivity index (χ1n) is 1.90. The second-order valence-corrected chi connectivity index (χ2v) is 4.44. The molecule has 0 N–H and O–H groups in total. The summed E-state index contributed by atoms with van der Waals surface area (Å²) in [5.41, 5.74) is 2.06. The van der Waals surface area contributed by atoms with E-state index in [1.807, 2.05) is 0 Å². The molecule has 0 heterocycles. The van der Waals surface area contributed by atoms with Crippen LogP contribution in [0.15, 0.2) is 12.3 Å². The van der Waals surface area contributed by atoms with Gasteiger partial charge >= 0.3 is 29.6 Å². The van der Waals surface area contributed by atoms with Gasteiger partial charge in [0.25, 0.3) is 0 Å². The van der Waals surface area contributed by atoms with Crippen molar-refractivity contribution >= 4 is 38.4 Å². The molecule has 32 valence electrons. The van der Waals surface area contributed by atoms with Crippen molar-refractivity contribution in [1.82, 2.24) is 0 Å². The Morgan fingerprint density at radius 1 is 1.50 bits per heavy atom. The Kier molecular flexibility index (Phi) is 9.97. The summed E-state index contributed by atoms with van der Waals surface area (Å²) in [6, 6.07) is 0. The van der Waals surface area contributed by atoms with Crippen molar-refractivity contribution in [2.75, 3.05) is 0 Å². The average Bonchev–Trinajstić information content (AvgIpc) is 1.38. The molecule has 2 heteroatoms. The molecule has 0 atom stereocenters. The third kappa shape index (κ3) is 8.88. The van der Waals surface area contributed by atoms with E-state index in [-0.39, 0.29) is 38.4 Å². The van der Waals surface area contributed by atoms with Crippen LogP contribution in [-0.4, -0.2) is 38.4 Å². The zero-order valence-corrected chi connectivity index (χ0v) is 5.02. The summed E-state index contributed by atoms with van der Waals surface area (Å²) in [6.45, 7) is 8.11. The second kappa shape index (κ2) is 5.96. The summed E-state index contributed by atoms with van der Waals surface area (Å²) in [4.78, 5) is 0. The van der Waals surface area contributed by atoms with Crippen LogP contribution < -0.4 is 0 Å². The van der Waals surface area contributed by atoms with Crippen LogP contribution in [0.5, 0.6) is 0 Å². The molecule has 0 amide bonds. The molecular weight excluding hydrogens is 99.1 g/mol. The summed E-state index contributed by atoms with van der Waals surface area (Å²) < 4.78 is 0. The van der Waals surface area contributed by atoms with Crippen LogP contribution >= 0.6 is 0 Å². The first-order valence-corrected chi connectivity index (χ1v) is 4.87. The molecule has 0 saturated heterocycles. The standard InChI is InChI=1S/C4H10Si.Na.H/c1-4-5(2)3;;/h4-5H,1H2,2-3H3;;. The van der Waals surface area contributed by atoms with Gasteiger partial charge in [0.15, 0.2) is 0 Å². The summed E-state index contributed by atoms with van der Waals surface area (Å²) in [5.74, 6) is 0. The monoisotopic (exact) mass is 110 g/mol. The molecule has 0 rings (SSSR count). The summed E-state index contributed by atoms with van der Waals surface area (Å²) in [5, 5.41) is 0. The molecule has 0 saturated carbocycles. The Bertz CT molecular complexity index is 34.5. The van der Waals surface area contributed by atoms with Crippen LogP contribution in [0.2, 0.25) is 13.1 Å². The van der Waals surface area contributed by atoms with Crippen LogP contribution in [0, 0.1) is 0 Å². The van der Waals surface area contributed by atoms with Crippen molar-refractivity contribution in [3.63, 3.8) is 0 Å². The van der Waals surface area contributed by atoms with E-state index >= 15 is 0 Å². The van der Waals surface area contributed by atoms with Gasteiger partial charge in [-0.05, 0) is 0 Å². The Morgan fingerprint density at radius 3 is 1.67 bits per heavy atom. The van der Waals surface area contributed by atoms with Gasteiger partial charge in [-0.25, -0.2) is 0 Å². The summed E-state index contributed by atoms with van der Waals surface area (Å²) in [6.07, 6.45) is 0. The quantitative estimate of drug-likeness (QED) is 0.432. The maximum absolute atomic E-state index is 3.62. The van der Waals surface area contributed by atoms with Crippen LogP contribution in [0.3, 0.4) is 0 Å². The van der Waals surface area contributed by atoms with Gasteiger partial charge in [-0.2, -0.15) is 0 Å². The summed E-state index contributed by atoms with van der Waals surface area (Å²) >= 11 is 0.